The molecule has 0 bridgehead atoms. The molecule has 0 aliphatic heterocycles. The third-order valence-electron chi connectivity index (χ3n) is 2.55. The lowest BCUT2D eigenvalue weighted by atomic mass is 10.1. The molecule has 16 heavy (non-hydrogen) atoms. The largest absolute Gasteiger partial charge is 0.399 e. The van der Waals surface area contributed by atoms with E-state index in [-0.39, 0.29) is 12.4 Å². The van der Waals surface area contributed by atoms with Crippen LogP contribution in [0.4, 0.5) is 10.1 Å². The summed E-state index contributed by atoms with van der Waals surface area (Å²) in [4.78, 5) is 2.09. The van der Waals surface area contributed by atoms with Crippen molar-refractivity contribution in [1.29, 1.82) is 0 Å². The maximum Gasteiger partial charge on any atom is 0.129 e. The highest BCUT2D eigenvalue weighted by atomic mass is 19.1. The molecule has 3 N–H and O–H groups in total. The lowest BCUT2D eigenvalue weighted by Gasteiger charge is -2.20. The van der Waals surface area contributed by atoms with Gasteiger partial charge in [-0.25, -0.2) is 4.39 Å². The van der Waals surface area contributed by atoms with Crippen LogP contribution in [0.2, 0.25) is 0 Å². The molecule has 0 saturated heterocycles. The minimum Gasteiger partial charge on any atom is -0.399 e. The summed E-state index contributed by atoms with van der Waals surface area (Å²) in [7, 11) is 0. The molecule has 0 aromatic heterocycles. The van der Waals surface area contributed by atoms with Gasteiger partial charge >= 0.3 is 0 Å². The summed E-state index contributed by atoms with van der Waals surface area (Å²) >= 11 is 0. The zero-order valence-corrected chi connectivity index (χ0v) is 9.62. The maximum atomic E-state index is 13.5. The Morgan fingerprint density at radius 2 is 2.19 bits per heavy atom. The summed E-state index contributed by atoms with van der Waals surface area (Å²) in [6.45, 7) is 4.36. The number of rotatable bonds is 6. The lowest BCUT2D eigenvalue weighted by molar-refractivity contribution is 0.224. The monoisotopic (exact) mass is 226 g/mol. The fraction of sp³-hybridized carbons (Fsp3) is 0.500. The Labute approximate surface area is 95.7 Å². The SMILES string of the molecule is CCN(CCCO)Cc1ccc(N)cc1F. The normalized spacial score (nSPS) is 11.0. The van der Waals surface area contributed by atoms with E-state index in [0.29, 0.717) is 24.2 Å². The van der Waals surface area contributed by atoms with E-state index in [9.17, 15) is 4.39 Å². The summed E-state index contributed by atoms with van der Waals surface area (Å²) in [6.07, 6.45) is 0.713. The fourth-order valence-corrected chi connectivity index (χ4v) is 1.58. The summed E-state index contributed by atoms with van der Waals surface area (Å²) in [5.41, 5.74) is 6.58. The van der Waals surface area contributed by atoms with Gasteiger partial charge in [-0.1, -0.05) is 13.0 Å². The molecule has 1 aromatic rings. The average Bonchev–Trinajstić information content (AvgIpc) is 2.27. The van der Waals surface area contributed by atoms with Gasteiger partial charge in [0.05, 0.1) is 0 Å². The molecule has 0 atom stereocenters. The number of anilines is 1. The minimum absolute atomic E-state index is 0.167. The van der Waals surface area contributed by atoms with Crippen LogP contribution >= 0.6 is 0 Å². The average molecular weight is 226 g/mol. The predicted octanol–water partition coefficient (Wildman–Crippen LogP) is 1.61. The second-order valence-electron chi connectivity index (χ2n) is 3.80. The number of hydrogen-bond donors (Lipinski definition) is 2. The Morgan fingerprint density at radius 1 is 1.44 bits per heavy atom. The van der Waals surface area contributed by atoms with E-state index < -0.39 is 0 Å². The fourth-order valence-electron chi connectivity index (χ4n) is 1.58. The Morgan fingerprint density at radius 3 is 2.75 bits per heavy atom. The highest BCUT2D eigenvalue weighted by molar-refractivity contribution is 5.40. The molecule has 0 fully saturated rings. The van der Waals surface area contributed by atoms with Gasteiger partial charge in [-0.2, -0.15) is 0 Å². The molecule has 4 heteroatoms. The first kappa shape index (κ1) is 12.9. The van der Waals surface area contributed by atoms with Crippen LogP contribution in [0.15, 0.2) is 18.2 Å². The third kappa shape index (κ3) is 3.79. The Hall–Kier alpha value is -1.13. The van der Waals surface area contributed by atoms with E-state index in [2.05, 4.69) is 4.90 Å². The van der Waals surface area contributed by atoms with Crippen LogP contribution in [0.25, 0.3) is 0 Å². The van der Waals surface area contributed by atoms with Crippen LogP contribution in [-0.2, 0) is 6.54 Å². The number of nitrogens with two attached hydrogens (primary N) is 1. The van der Waals surface area contributed by atoms with Gasteiger partial charge in [-0.05, 0) is 25.1 Å². The quantitative estimate of drug-likeness (QED) is 0.725. The van der Waals surface area contributed by atoms with Gasteiger partial charge in [0.25, 0.3) is 0 Å². The molecule has 0 radical (unpaired) electrons. The maximum absolute atomic E-state index is 13.5. The van der Waals surface area contributed by atoms with Crippen molar-refractivity contribution in [2.75, 3.05) is 25.4 Å². The molecule has 3 nitrogen and oxygen atoms in total. The van der Waals surface area contributed by atoms with Gasteiger partial charge in [0, 0.05) is 30.9 Å². The first-order valence-corrected chi connectivity index (χ1v) is 5.54. The van der Waals surface area contributed by atoms with Gasteiger partial charge in [0.1, 0.15) is 5.82 Å². The molecule has 0 unspecified atom stereocenters. The molecule has 0 aliphatic carbocycles. The van der Waals surface area contributed by atoms with Crippen LogP contribution in [0.1, 0.15) is 18.9 Å². The topological polar surface area (TPSA) is 49.5 Å². The van der Waals surface area contributed by atoms with Gasteiger partial charge in [0.15, 0.2) is 0 Å². The molecule has 0 spiro atoms. The summed E-state index contributed by atoms with van der Waals surface area (Å²) < 4.78 is 13.5. The number of nitrogens with zero attached hydrogens (tertiary/aromatic N) is 1. The predicted molar refractivity (Wildman–Crippen MR) is 63.5 cm³/mol. The molecule has 1 aromatic carbocycles. The molecule has 0 amide bonds. The smallest absolute Gasteiger partial charge is 0.129 e. The Balaban J connectivity index is 2.62. The van der Waals surface area contributed by atoms with E-state index in [1.165, 1.54) is 6.07 Å². The third-order valence-corrected chi connectivity index (χ3v) is 2.55. The number of halogens is 1. The number of nitrogen functional groups attached to an aromatic ring is 1. The van der Waals surface area contributed by atoms with Crippen LogP contribution in [0.5, 0.6) is 0 Å². The number of hydrogen-bond acceptors (Lipinski definition) is 3. The summed E-state index contributed by atoms with van der Waals surface area (Å²) in [5, 5.41) is 8.75. The van der Waals surface area contributed by atoms with E-state index in [0.717, 1.165) is 13.1 Å². The number of benzene rings is 1. The van der Waals surface area contributed by atoms with Crippen LogP contribution in [0.3, 0.4) is 0 Å². The molecule has 0 aliphatic rings. The Kier molecular flexibility index (Phi) is 5.22. The van der Waals surface area contributed by atoms with Crippen molar-refractivity contribution < 1.29 is 9.50 Å². The van der Waals surface area contributed by atoms with Crippen molar-refractivity contribution in [2.45, 2.75) is 19.9 Å². The van der Waals surface area contributed by atoms with E-state index in [4.69, 9.17) is 10.8 Å². The first-order valence-electron chi connectivity index (χ1n) is 5.54. The van der Waals surface area contributed by atoms with Crippen molar-refractivity contribution in [2.24, 2.45) is 0 Å². The summed E-state index contributed by atoms with van der Waals surface area (Å²) in [6, 6.07) is 4.76. The molecule has 0 saturated carbocycles. The zero-order valence-electron chi connectivity index (χ0n) is 9.62. The van der Waals surface area contributed by atoms with E-state index in [1.807, 2.05) is 6.92 Å². The van der Waals surface area contributed by atoms with Crippen molar-refractivity contribution in [3.8, 4) is 0 Å². The van der Waals surface area contributed by atoms with Crippen molar-refractivity contribution >= 4 is 5.69 Å². The second kappa shape index (κ2) is 6.45. The van der Waals surface area contributed by atoms with Crippen LogP contribution in [0, 0.1) is 5.82 Å². The van der Waals surface area contributed by atoms with Gasteiger partial charge in [-0.3, -0.25) is 4.90 Å². The second-order valence-corrected chi connectivity index (χ2v) is 3.80. The van der Waals surface area contributed by atoms with Crippen molar-refractivity contribution in [3.05, 3.63) is 29.6 Å². The first-order chi connectivity index (χ1) is 7.67. The Bertz CT molecular complexity index is 331. The molecule has 1 rings (SSSR count). The van der Waals surface area contributed by atoms with Gasteiger partial charge in [-0.15, -0.1) is 0 Å². The molecular formula is C12H19FN2O. The molecular weight excluding hydrogens is 207 g/mol. The summed E-state index contributed by atoms with van der Waals surface area (Å²) in [5.74, 6) is -0.262. The lowest BCUT2D eigenvalue weighted by Crippen LogP contribution is -2.25. The standard InChI is InChI=1S/C12H19FN2O/c1-2-15(6-3-7-16)9-10-4-5-11(14)8-12(10)13/h4-5,8,16H,2-3,6-7,9,14H2,1H3. The van der Waals surface area contributed by atoms with Gasteiger partial charge < -0.3 is 10.8 Å². The van der Waals surface area contributed by atoms with Crippen LogP contribution < -0.4 is 5.73 Å². The van der Waals surface area contributed by atoms with E-state index >= 15 is 0 Å². The molecule has 90 valence electrons. The van der Waals surface area contributed by atoms with Crippen LogP contribution in [-0.4, -0.2) is 29.7 Å². The van der Waals surface area contributed by atoms with Crippen molar-refractivity contribution in [3.63, 3.8) is 0 Å². The zero-order chi connectivity index (χ0) is 12.0. The highest BCUT2D eigenvalue weighted by Gasteiger charge is 2.07. The number of aliphatic hydroxyl groups excluding tert-OH is 1. The minimum atomic E-state index is -0.262. The number of aliphatic hydroxyl groups is 1. The van der Waals surface area contributed by atoms with E-state index in [1.54, 1.807) is 12.1 Å². The highest BCUT2D eigenvalue weighted by Crippen LogP contribution is 2.14. The molecule has 0 heterocycles. The van der Waals surface area contributed by atoms with Gasteiger partial charge in [0.2, 0.25) is 0 Å². The van der Waals surface area contributed by atoms with Crippen molar-refractivity contribution in [1.82, 2.24) is 4.90 Å².